The van der Waals surface area contributed by atoms with Crippen LogP contribution in [0.25, 0.3) is 27.5 Å². The SMILES string of the molecule is Cc1ccccc1Oc1cc(N(c2ccccc2)c2ccc(-n3c4ccccc4c4ccccc43)cc2)ccc1C1[C@H]2C[C@@H]3C[C@@H](C[C@@H]1C3)C2. The van der Waals surface area contributed by atoms with Gasteiger partial charge in [-0.05, 0) is 140 Å². The fourth-order valence-electron chi connectivity index (χ4n) is 10.2. The van der Waals surface area contributed by atoms with Crippen molar-refractivity contribution in [2.24, 2.45) is 23.7 Å². The van der Waals surface area contributed by atoms with E-state index in [1.807, 2.05) is 0 Å². The van der Waals surface area contributed by atoms with Crippen molar-refractivity contribution in [2.75, 3.05) is 4.90 Å². The monoisotopic (exact) mass is 650 g/mol. The van der Waals surface area contributed by atoms with Gasteiger partial charge >= 0.3 is 0 Å². The molecule has 3 heteroatoms. The number of aryl methyl sites for hydroxylation is 1. The predicted octanol–water partition coefficient (Wildman–Crippen LogP) is 12.9. The Kier molecular flexibility index (Phi) is 7.08. The topological polar surface area (TPSA) is 17.4 Å². The van der Waals surface area contributed by atoms with E-state index >= 15 is 0 Å². The minimum absolute atomic E-state index is 0.576. The third-order valence-electron chi connectivity index (χ3n) is 12.1. The molecule has 4 aliphatic rings. The Hall–Kier alpha value is -5.28. The molecule has 0 spiro atoms. The molecular formula is C47H42N2O. The van der Waals surface area contributed by atoms with Gasteiger partial charge in [0.25, 0.3) is 0 Å². The van der Waals surface area contributed by atoms with Gasteiger partial charge in [0, 0.05) is 39.6 Å². The van der Waals surface area contributed by atoms with E-state index < -0.39 is 0 Å². The second-order valence-electron chi connectivity index (χ2n) is 15.1. The van der Waals surface area contributed by atoms with Crippen molar-refractivity contribution in [3.8, 4) is 17.2 Å². The summed E-state index contributed by atoms with van der Waals surface area (Å²) < 4.78 is 9.36. The molecule has 0 aliphatic heterocycles. The zero-order valence-electron chi connectivity index (χ0n) is 28.6. The van der Waals surface area contributed by atoms with E-state index in [0.717, 1.165) is 63.5 Å². The van der Waals surface area contributed by atoms with Crippen LogP contribution in [0.2, 0.25) is 0 Å². The third-order valence-corrected chi connectivity index (χ3v) is 12.1. The van der Waals surface area contributed by atoms with E-state index in [9.17, 15) is 0 Å². The lowest BCUT2D eigenvalue weighted by Gasteiger charge is -2.54. The number of benzene rings is 6. The maximum absolute atomic E-state index is 6.98. The number of rotatable bonds is 7. The predicted molar refractivity (Wildman–Crippen MR) is 207 cm³/mol. The molecule has 0 unspecified atom stereocenters. The number of anilines is 3. The Morgan fingerprint density at radius 3 is 1.74 bits per heavy atom. The minimum atomic E-state index is 0.576. The molecule has 246 valence electrons. The fraction of sp³-hybridized carbons (Fsp3) is 0.234. The van der Waals surface area contributed by atoms with Crippen molar-refractivity contribution in [2.45, 2.75) is 44.9 Å². The van der Waals surface area contributed by atoms with Gasteiger partial charge in [-0.3, -0.25) is 0 Å². The number of hydrogen-bond acceptors (Lipinski definition) is 2. The maximum atomic E-state index is 6.98. The van der Waals surface area contributed by atoms with Crippen LogP contribution in [-0.2, 0) is 0 Å². The highest BCUT2D eigenvalue weighted by atomic mass is 16.5. The Bertz CT molecular complexity index is 2250. The summed E-state index contributed by atoms with van der Waals surface area (Å²) in [6, 6.07) is 52.8. The van der Waals surface area contributed by atoms with E-state index in [0.29, 0.717) is 5.92 Å². The minimum Gasteiger partial charge on any atom is -0.457 e. The highest BCUT2D eigenvalue weighted by molar-refractivity contribution is 6.09. The molecule has 0 atom stereocenters. The van der Waals surface area contributed by atoms with Crippen LogP contribution in [0.15, 0.2) is 146 Å². The Morgan fingerprint density at radius 1 is 0.520 bits per heavy atom. The van der Waals surface area contributed by atoms with Crippen molar-refractivity contribution in [3.05, 3.63) is 157 Å². The molecule has 50 heavy (non-hydrogen) atoms. The number of fused-ring (bicyclic) bond motifs is 3. The van der Waals surface area contributed by atoms with Crippen molar-refractivity contribution >= 4 is 38.9 Å². The Balaban J connectivity index is 1.09. The molecule has 4 aliphatic carbocycles. The molecule has 7 aromatic rings. The Morgan fingerprint density at radius 2 is 1.08 bits per heavy atom. The number of para-hydroxylation sites is 4. The van der Waals surface area contributed by atoms with Crippen LogP contribution < -0.4 is 9.64 Å². The standard InChI is InChI=1S/C47H42N2O/c1-31-11-5-10-18-45(31)50-46-30-39(23-24-42(46)47-34-26-32-25-33(28-34)29-35(47)27-32)48(36-12-3-2-4-13-36)37-19-21-38(22-20-37)49-43-16-8-6-14-40(43)41-15-7-9-17-44(41)49/h2-24,30,32-35,47H,25-29H2,1H3/t32-,33+,34-,35-,47?. The van der Waals surface area contributed by atoms with Gasteiger partial charge in [-0.15, -0.1) is 0 Å². The van der Waals surface area contributed by atoms with Crippen LogP contribution in [0.4, 0.5) is 17.1 Å². The summed E-state index contributed by atoms with van der Waals surface area (Å²) in [5.41, 5.74) is 9.51. The van der Waals surface area contributed by atoms with Crippen LogP contribution in [-0.4, -0.2) is 4.57 Å². The summed E-state index contributed by atoms with van der Waals surface area (Å²) in [4.78, 5) is 2.38. The molecule has 11 rings (SSSR count). The van der Waals surface area contributed by atoms with Gasteiger partial charge in [0.15, 0.2) is 0 Å². The first kappa shape index (κ1) is 29.6. The van der Waals surface area contributed by atoms with Crippen molar-refractivity contribution in [1.29, 1.82) is 0 Å². The smallest absolute Gasteiger partial charge is 0.133 e. The van der Waals surface area contributed by atoms with Gasteiger partial charge in [-0.25, -0.2) is 0 Å². The maximum Gasteiger partial charge on any atom is 0.133 e. The van der Waals surface area contributed by atoms with E-state index in [-0.39, 0.29) is 0 Å². The molecule has 0 saturated heterocycles. The Labute approximate surface area is 294 Å². The molecule has 0 amide bonds. The molecule has 0 N–H and O–H groups in total. The third kappa shape index (κ3) is 4.94. The molecule has 6 aromatic carbocycles. The van der Waals surface area contributed by atoms with Crippen molar-refractivity contribution in [3.63, 3.8) is 0 Å². The normalized spacial score (nSPS) is 22.3. The molecule has 4 fully saturated rings. The van der Waals surface area contributed by atoms with Gasteiger partial charge in [0.05, 0.1) is 11.0 Å². The lowest BCUT2D eigenvalue weighted by atomic mass is 9.50. The number of ether oxygens (including phenoxy) is 1. The first-order valence-corrected chi connectivity index (χ1v) is 18.5. The molecule has 1 heterocycles. The summed E-state index contributed by atoms with van der Waals surface area (Å²) in [6.45, 7) is 2.15. The number of nitrogens with zero attached hydrogens (tertiary/aromatic N) is 2. The van der Waals surface area contributed by atoms with Gasteiger partial charge < -0.3 is 14.2 Å². The van der Waals surface area contributed by atoms with Gasteiger partial charge in [-0.1, -0.05) is 78.9 Å². The summed E-state index contributed by atoms with van der Waals surface area (Å²) in [6.07, 6.45) is 7.01. The molecule has 4 saturated carbocycles. The van der Waals surface area contributed by atoms with Crippen LogP contribution in [0.5, 0.6) is 11.5 Å². The van der Waals surface area contributed by atoms with Gasteiger partial charge in [0.1, 0.15) is 11.5 Å². The molecule has 3 nitrogen and oxygen atoms in total. The van der Waals surface area contributed by atoms with E-state index in [1.165, 1.54) is 59.5 Å². The van der Waals surface area contributed by atoms with E-state index in [1.54, 1.807) is 0 Å². The van der Waals surface area contributed by atoms with Crippen LogP contribution >= 0.6 is 0 Å². The van der Waals surface area contributed by atoms with Gasteiger partial charge in [0.2, 0.25) is 0 Å². The van der Waals surface area contributed by atoms with Crippen molar-refractivity contribution < 1.29 is 4.74 Å². The molecular weight excluding hydrogens is 609 g/mol. The number of aromatic nitrogens is 1. The second kappa shape index (κ2) is 11.9. The van der Waals surface area contributed by atoms with Crippen LogP contribution in [0.1, 0.15) is 49.1 Å². The quantitative estimate of drug-likeness (QED) is 0.171. The summed E-state index contributed by atoms with van der Waals surface area (Å²) in [5, 5.41) is 2.55. The lowest BCUT2D eigenvalue weighted by Crippen LogP contribution is -2.43. The highest BCUT2D eigenvalue weighted by Gasteiger charge is 2.49. The number of hydrogen-bond donors (Lipinski definition) is 0. The van der Waals surface area contributed by atoms with E-state index in [2.05, 4.69) is 162 Å². The average molecular weight is 651 g/mol. The lowest BCUT2D eigenvalue weighted by molar-refractivity contribution is -0.00335. The fourth-order valence-corrected chi connectivity index (χ4v) is 10.2. The first-order valence-electron chi connectivity index (χ1n) is 18.5. The zero-order chi connectivity index (χ0) is 33.2. The zero-order valence-corrected chi connectivity index (χ0v) is 28.6. The molecule has 0 radical (unpaired) electrons. The summed E-state index contributed by atoms with van der Waals surface area (Å²) in [5.74, 6) is 5.95. The molecule has 4 bridgehead atoms. The first-order chi connectivity index (χ1) is 24.7. The second-order valence-corrected chi connectivity index (χ2v) is 15.1. The largest absolute Gasteiger partial charge is 0.457 e. The van der Waals surface area contributed by atoms with Crippen LogP contribution in [0.3, 0.4) is 0 Å². The highest BCUT2D eigenvalue weighted by Crippen LogP contribution is 2.61. The summed E-state index contributed by atoms with van der Waals surface area (Å²) >= 11 is 0. The van der Waals surface area contributed by atoms with E-state index in [4.69, 9.17) is 4.74 Å². The van der Waals surface area contributed by atoms with Gasteiger partial charge in [-0.2, -0.15) is 0 Å². The molecule has 1 aromatic heterocycles. The van der Waals surface area contributed by atoms with Crippen LogP contribution in [0, 0.1) is 30.6 Å². The summed E-state index contributed by atoms with van der Waals surface area (Å²) in [7, 11) is 0. The average Bonchev–Trinajstić information content (AvgIpc) is 3.48. The van der Waals surface area contributed by atoms with Crippen molar-refractivity contribution in [1.82, 2.24) is 4.57 Å².